The van der Waals surface area contributed by atoms with E-state index in [1.165, 1.54) is 25.1 Å². The van der Waals surface area contributed by atoms with Gasteiger partial charge in [0.2, 0.25) is 0 Å². The monoisotopic (exact) mass is 258 g/mol. The summed E-state index contributed by atoms with van der Waals surface area (Å²) in [5.74, 6) is -0.360. The van der Waals surface area contributed by atoms with Gasteiger partial charge in [0.1, 0.15) is 6.61 Å². The number of nitrogens with zero attached hydrogens (tertiary/aromatic N) is 1. The van der Waals surface area contributed by atoms with E-state index >= 15 is 0 Å². The van der Waals surface area contributed by atoms with Crippen molar-refractivity contribution < 1.29 is 14.5 Å². The van der Waals surface area contributed by atoms with Crippen molar-refractivity contribution in [2.75, 3.05) is 18.5 Å². The first-order chi connectivity index (χ1) is 8.00. The van der Waals surface area contributed by atoms with Gasteiger partial charge in [-0.05, 0) is 6.07 Å². The number of nitro benzene ring substituents is 1. The number of ether oxygens (including phenoxy) is 1. The minimum Gasteiger partial charge on any atom is -0.464 e. The average molecular weight is 259 g/mol. The first-order valence-electron chi connectivity index (χ1n) is 4.82. The zero-order valence-corrected chi connectivity index (χ0v) is 9.86. The molecule has 0 heterocycles. The lowest BCUT2D eigenvalue weighted by Crippen LogP contribution is -2.11. The molecule has 0 saturated carbocycles. The van der Waals surface area contributed by atoms with Gasteiger partial charge >= 0.3 is 5.97 Å². The summed E-state index contributed by atoms with van der Waals surface area (Å²) < 4.78 is 4.71. The third kappa shape index (κ3) is 4.28. The molecular formula is C10H11ClN2O4. The normalized spacial score (nSPS) is 9.76. The van der Waals surface area contributed by atoms with Gasteiger partial charge in [-0.25, -0.2) is 0 Å². The van der Waals surface area contributed by atoms with Crippen LogP contribution in [0.4, 0.5) is 11.4 Å². The number of halogens is 1. The Hall–Kier alpha value is -1.82. The van der Waals surface area contributed by atoms with Crippen molar-refractivity contribution in [3.8, 4) is 0 Å². The summed E-state index contributed by atoms with van der Waals surface area (Å²) in [6, 6.07) is 4.12. The lowest BCUT2D eigenvalue weighted by atomic mass is 10.3. The van der Waals surface area contributed by atoms with Crippen LogP contribution in [-0.2, 0) is 9.53 Å². The molecule has 7 heteroatoms. The molecule has 1 N–H and O–H groups in total. The van der Waals surface area contributed by atoms with E-state index in [1.807, 2.05) is 0 Å². The molecule has 0 aromatic heterocycles. The number of hydrogen-bond donors (Lipinski definition) is 1. The van der Waals surface area contributed by atoms with Crippen LogP contribution in [0.2, 0.25) is 5.02 Å². The van der Waals surface area contributed by atoms with Gasteiger partial charge < -0.3 is 10.1 Å². The topological polar surface area (TPSA) is 81.5 Å². The fraction of sp³-hybridized carbons (Fsp3) is 0.300. The van der Waals surface area contributed by atoms with Crippen molar-refractivity contribution in [3.63, 3.8) is 0 Å². The Bertz CT molecular complexity index is 436. The van der Waals surface area contributed by atoms with Crippen LogP contribution in [0.3, 0.4) is 0 Å². The fourth-order valence-corrected chi connectivity index (χ4v) is 1.38. The number of anilines is 1. The van der Waals surface area contributed by atoms with Gasteiger partial charge in [0.05, 0.1) is 15.6 Å². The van der Waals surface area contributed by atoms with Crippen LogP contribution in [0, 0.1) is 10.1 Å². The minimum atomic E-state index is -0.519. The molecule has 0 aliphatic carbocycles. The molecule has 6 nitrogen and oxygen atoms in total. The Labute approximate surface area is 103 Å². The minimum absolute atomic E-state index is 0.0689. The highest BCUT2D eigenvalue weighted by atomic mass is 35.5. The molecule has 1 rings (SSSR count). The van der Waals surface area contributed by atoms with E-state index in [-0.39, 0.29) is 23.3 Å². The van der Waals surface area contributed by atoms with Crippen molar-refractivity contribution in [1.29, 1.82) is 0 Å². The van der Waals surface area contributed by atoms with Gasteiger partial charge in [-0.15, -0.1) is 0 Å². The van der Waals surface area contributed by atoms with Gasteiger partial charge in [-0.1, -0.05) is 11.6 Å². The largest absolute Gasteiger partial charge is 0.464 e. The maximum Gasteiger partial charge on any atom is 0.302 e. The molecule has 0 radical (unpaired) electrons. The molecule has 1 aromatic carbocycles. The summed E-state index contributed by atoms with van der Waals surface area (Å²) in [6.07, 6.45) is 0. The quantitative estimate of drug-likeness (QED) is 0.379. The van der Waals surface area contributed by atoms with Crippen LogP contribution in [0.5, 0.6) is 0 Å². The van der Waals surface area contributed by atoms with Gasteiger partial charge in [-0.2, -0.15) is 0 Å². The summed E-state index contributed by atoms with van der Waals surface area (Å²) in [7, 11) is 0. The summed E-state index contributed by atoms with van der Waals surface area (Å²) in [4.78, 5) is 20.4. The first kappa shape index (κ1) is 13.2. The number of carbonyl (C=O) groups is 1. The molecule has 17 heavy (non-hydrogen) atoms. The zero-order chi connectivity index (χ0) is 12.8. The van der Waals surface area contributed by atoms with E-state index < -0.39 is 4.92 Å². The summed E-state index contributed by atoms with van der Waals surface area (Å²) in [5, 5.41) is 13.6. The number of carbonyl (C=O) groups excluding carboxylic acids is 1. The van der Waals surface area contributed by atoms with Gasteiger partial charge in [0, 0.05) is 25.6 Å². The lowest BCUT2D eigenvalue weighted by molar-refractivity contribution is -0.384. The maximum atomic E-state index is 10.5. The van der Waals surface area contributed by atoms with Crippen LogP contribution in [-0.4, -0.2) is 24.0 Å². The average Bonchev–Trinajstić information content (AvgIpc) is 2.25. The van der Waals surface area contributed by atoms with Crippen molar-refractivity contribution in [2.45, 2.75) is 6.92 Å². The number of nitrogens with one attached hydrogen (secondary N) is 1. The molecule has 0 amide bonds. The van der Waals surface area contributed by atoms with Crippen molar-refractivity contribution in [3.05, 3.63) is 33.3 Å². The van der Waals surface area contributed by atoms with Gasteiger partial charge in [0.25, 0.3) is 5.69 Å². The lowest BCUT2D eigenvalue weighted by Gasteiger charge is -2.07. The maximum absolute atomic E-state index is 10.5. The number of rotatable bonds is 5. The van der Waals surface area contributed by atoms with Gasteiger partial charge in [0.15, 0.2) is 0 Å². The van der Waals surface area contributed by atoms with E-state index in [0.717, 1.165) is 0 Å². The molecule has 1 aromatic rings. The predicted octanol–water partition coefficient (Wildman–Crippen LogP) is 2.22. The second-order valence-corrected chi connectivity index (χ2v) is 3.60. The molecule has 92 valence electrons. The van der Waals surface area contributed by atoms with Gasteiger partial charge in [-0.3, -0.25) is 14.9 Å². The number of hydrogen-bond acceptors (Lipinski definition) is 5. The second-order valence-electron chi connectivity index (χ2n) is 3.19. The summed E-state index contributed by atoms with van der Waals surface area (Å²) >= 11 is 5.84. The highest BCUT2D eigenvalue weighted by Gasteiger charge is 2.08. The van der Waals surface area contributed by atoms with E-state index in [2.05, 4.69) is 5.32 Å². The Morgan fingerprint density at radius 1 is 1.59 bits per heavy atom. The van der Waals surface area contributed by atoms with E-state index in [1.54, 1.807) is 0 Å². The standard InChI is InChI=1S/C10H11ClN2O4/c1-7(14)17-5-4-12-10-3-2-8(13(15)16)6-9(10)11/h2-3,6,12H,4-5H2,1H3. The second kappa shape index (κ2) is 6.05. The highest BCUT2D eigenvalue weighted by molar-refractivity contribution is 6.33. The number of benzene rings is 1. The Balaban J connectivity index is 2.54. The molecule has 0 unspecified atom stereocenters. The van der Waals surface area contributed by atoms with E-state index in [9.17, 15) is 14.9 Å². The number of non-ortho nitro benzene ring substituents is 1. The Morgan fingerprint density at radius 3 is 2.82 bits per heavy atom. The van der Waals surface area contributed by atoms with Crippen molar-refractivity contribution in [2.24, 2.45) is 0 Å². The third-order valence-corrected chi connectivity index (χ3v) is 2.20. The van der Waals surface area contributed by atoms with E-state index in [4.69, 9.17) is 16.3 Å². The van der Waals surface area contributed by atoms with Crippen molar-refractivity contribution >= 4 is 28.9 Å². The summed E-state index contributed by atoms with van der Waals surface area (Å²) in [5.41, 5.74) is 0.491. The molecule has 0 spiro atoms. The summed E-state index contributed by atoms with van der Waals surface area (Å²) in [6.45, 7) is 1.92. The molecule has 0 aliphatic heterocycles. The molecule has 0 fully saturated rings. The molecular weight excluding hydrogens is 248 g/mol. The third-order valence-electron chi connectivity index (χ3n) is 1.89. The van der Waals surface area contributed by atoms with Crippen LogP contribution in [0.25, 0.3) is 0 Å². The zero-order valence-electron chi connectivity index (χ0n) is 9.10. The van der Waals surface area contributed by atoms with Crippen LogP contribution >= 0.6 is 11.6 Å². The molecule has 0 bridgehead atoms. The SMILES string of the molecule is CC(=O)OCCNc1ccc([N+](=O)[O-])cc1Cl. The predicted molar refractivity (Wildman–Crippen MR) is 63.2 cm³/mol. The highest BCUT2D eigenvalue weighted by Crippen LogP contribution is 2.26. The fourth-order valence-electron chi connectivity index (χ4n) is 1.14. The first-order valence-corrected chi connectivity index (χ1v) is 5.19. The number of nitro groups is 1. The van der Waals surface area contributed by atoms with E-state index in [0.29, 0.717) is 12.2 Å². The Kier molecular flexibility index (Phi) is 4.71. The molecule has 0 aliphatic rings. The number of esters is 1. The smallest absolute Gasteiger partial charge is 0.302 e. The Morgan fingerprint density at radius 2 is 2.29 bits per heavy atom. The van der Waals surface area contributed by atoms with Crippen LogP contribution in [0.1, 0.15) is 6.92 Å². The molecule has 0 atom stereocenters. The van der Waals surface area contributed by atoms with Crippen LogP contribution < -0.4 is 5.32 Å². The molecule has 0 saturated heterocycles. The van der Waals surface area contributed by atoms with Crippen molar-refractivity contribution in [1.82, 2.24) is 0 Å². The van der Waals surface area contributed by atoms with Crippen LogP contribution in [0.15, 0.2) is 18.2 Å².